The molecule has 0 radical (unpaired) electrons. The van der Waals surface area contributed by atoms with Gasteiger partial charge in [-0.25, -0.2) is 9.59 Å². The van der Waals surface area contributed by atoms with Crippen LogP contribution in [0.2, 0.25) is 0 Å². The second-order valence-electron chi connectivity index (χ2n) is 5.85. The van der Waals surface area contributed by atoms with Crippen molar-refractivity contribution in [2.45, 2.75) is 19.4 Å². The van der Waals surface area contributed by atoms with Gasteiger partial charge in [0.2, 0.25) is 5.91 Å². The Bertz CT molecular complexity index is 713. The SMILES string of the molecule is CCN1CCOC(=O)C1CC(=O)Nc1cc(C(=O)OC)cc(C(=O)OC)c1. The highest BCUT2D eigenvalue weighted by molar-refractivity contribution is 6.00. The molecule has 2 rings (SSSR count). The smallest absolute Gasteiger partial charge is 0.337 e. The summed E-state index contributed by atoms with van der Waals surface area (Å²) in [6, 6.07) is 3.40. The lowest BCUT2D eigenvalue weighted by Crippen LogP contribution is -2.50. The van der Waals surface area contributed by atoms with Crippen LogP contribution in [0.5, 0.6) is 0 Å². The zero-order chi connectivity index (χ0) is 20.0. The molecule has 0 bridgehead atoms. The molecule has 1 heterocycles. The van der Waals surface area contributed by atoms with Crippen LogP contribution in [0.15, 0.2) is 18.2 Å². The standard InChI is InChI=1S/C18H22N2O7/c1-4-20-5-6-27-18(24)14(20)10-15(21)19-13-8-11(16(22)25-2)7-12(9-13)17(23)26-3/h7-9,14H,4-6,10H2,1-3H3,(H,19,21). The Morgan fingerprint density at radius 2 is 1.74 bits per heavy atom. The number of nitrogens with zero attached hydrogens (tertiary/aromatic N) is 1. The Kier molecular flexibility index (Phi) is 6.89. The first kappa shape index (κ1) is 20.4. The van der Waals surface area contributed by atoms with Gasteiger partial charge in [-0.05, 0) is 24.7 Å². The molecule has 1 N–H and O–H groups in total. The monoisotopic (exact) mass is 378 g/mol. The van der Waals surface area contributed by atoms with E-state index < -0.39 is 29.9 Å². The summed E-state index contributed by atoms with van der Waals surface area (Å²) in [5.74, 6) is -2.22. The molecule has 1 aromatic rings. The van der Waals surface area contributed by atoms with Gasteiger partial charge in [-0.3, -0.25) is 14.5 Å². The first-order valence-corrected chi connectivity index (χ1v) is 8.41. The molecule has 1 aromatic carbocycles. The van der Waals surface area contributed by atoms with Gasteiger partial charge in [-0.1, -0.05) is 6.92 Å². The third-order valence-corrected chi connectivity index (χ3v) is 4.18. The fourth-order valence-corrected chi connectivity index (χ4v) is 2.81. The van der Waals surface area contributed by atoms with Crippen molar-refractivity contribution in [2.75, 3.05) is 39.2 Å². The maximum atomic E-state index is 12.4. The van der Waals surface area contributed by atoms with Gasteiger partial charge in [-0.2, -0.15) is 0 Å². The van der Waals surface area contributed by atoms with Crippen LogP contribution in [-0.2, 0) is 23.8 Å². The summed E-state index contributed by atoms with van der Waals surface area (Å²) in [6.45, 7) is 3.36. The number of morpholine rings is 1. The van der Waals surface area contributed by atoms with Gasteiger partial charge in [-0.15, -0.1) is 0 Å². The molecule has 1 aliphatic heterocycles. The zero-order valence-electron chi connectivity index (χ0n) is 15.4. The summed E-state index contributed by atoms with van der Waals surface area (Å²) >= 11 is 0. The van der Waals surface area contributed by atoms with Crippen molar-refractivity contribution in [1.29, 1.82) is 0 Å². The van der Waals surface area contributed by atoms with E-state index in [1.54, 1.807) is 0 Å². The van der Waals surface area contributed by atoms with Gasteiger partial charge in [0.05, 0.1) is 31.8 Å². The van der Waals surface area contributed by atoms with E-state index in [4.69, 9.17) is 4.74 Å². The van der Waals surface area contributed by atoms with Crippen molar-refractivity contribution in [3.8, 4) is 0 Å². The Balaban J connectivity index is 2.19. The zero-order valence-corrected chi connectivity index (χ0v) is 15.4. The first-order chi connectivity index (χ1) is 12.9. The Labute approximate surface area is 156 Å². The van der Waals surface area contributed by atoms with Gasteiger partial charge in [0.25, 0.3) is 0 Å². The van der Waals surface area contributed by atoms with Crippen molar-refractivity contribution in [1.82, 2.24) is 4.90 Å². The summed E-state index contributed by atoms with van der Waals surface area (Å²) in [5, 5.41) is 2.60. The molecule has 1 fully saturated rings. The number of nitrogens with one attached hydrogen (secondary N) is 1. The van der Waals surface area contributed by atoms with Crippen LogP contribution in [0.4, 0.5) is 5.69 Å². The number of rotatable bonds is 6. The number of hydrogen-bond acceptors (Lipinski definition) is 8. The van der Waals surface area contributed by atoms with Crippen LogP contribution < -0.4 is 5.32 Å². The molecule has 146 valence electrons. The fraction of sp³-hybridized carbons (Fsp3) is 0.444. The molecule has 1 saturated heterocycles. The van der Waals surface area contributed by atoms with Crippen LogP contribution in [0.1, 0.15) is 34.1 Å². The molecule has 0 spiro atoms. The van der Waals surface area contributed by atoms with E-state index in [-0.39, 0.29) is 23.2 Å². The predicted octanol–water partition coefficient (Wildman–Crippen LogP) is 0.836. The number of esters is 3. The number of cyclic esters (lactones) is 1. The molecule has 27 heavy (non-hydrogen) atoms. The van der Waals surface area contributed by atoms with E-state index in [1.807, 2.05) is 11.8 Å². The molecule has 1 unspecified atom stereocenters. The highest BCUT2D eigenvalue weighted by atomic mass is 16.5. The number of ether oxygens (including phenoxy) is 3. The summed E-state index contributed by atoms with van der Waals surface area (Å²) in [7, 11) is 2.42. The van der Waals surface area contributed by atoms with E-state index in [0.717, 1.165) is 0 Å². The lowest BCUT2D eigenvalue weighted by atomic mass is 10.1. The number of benzene rings is 1. The first-order valence-electron chi connectivity index (χ1n) is 8.41. The quantitative estimate of drug-likeness (QED) is 0.572. The van der Waals surface area contributed by atoms with Crippen molar-refractivity contribution in [3.63, 3.8) is 0 Å². The van der Waals surface area contributed by atoms with E-state index in [2.05, 4.69) is 14.8 Å². The second-order valence-corrected chi connectivity index (χ2v) is 5.85. The highest BCUT2D eigenvalue weighted by Gasteiger charge is 2.32. The minimum Gasteiger partial charge on any atom is -0.465 e. The Morgan fingerprint density at radius 3 is 2.26 bits per heavy atom. The summed E-state index contributed by atoms with van der Waals surface area (Å²) < 4.78 is 14.3. The average molecular weight is 378 g/mol. The Morgan fingerprint density at radius 1 is 1.15 bits per heavy atom. The summed E-state index contributed by atoms with van der Waals surface area (Å²) in [4.78, 5) is 49.8. The van der Waals surface area contributed by atoms with Gasteiger partial charge in [0.15, 0.2) is 0 Å². The van der Waals surface area contributed by atoms with Gasteiger partial charge in [0, 0.05) is 12.2 Å². The van der Waals surface area contributed by atoms with E-state index >= 15 is 0 Å². The van der Waals surface area contributed by atoms with Crippen molar-refractivity contribution < 1.29 is 33.4 Å². The number of carbonyl (C=O) groups excluding carboxylic acids is 4. The van der Waals surface area contributed by atoms with Crippen LogP contribution in [0.3, 0.4) is 0 Å². The third kappa shape index (κ3) is 5.04. The predicted molar refractivity (Wildman–Crippen MR) is 94.4 cm³/mol. The topological polar surface area (TPSA) is 111 Å². The molecule has 9 heteroatoms. The lowest BCUT2D eigenvalue weighted by Gasteiger charge is -2.32. The van der Waals surface area contributed by atoms with E-state index in [1.165, 1.54) is 32.4 Å². The van der Waals surface area contributed by atoms with E-state index in [9.17, 15) is 19.2 Å². The highest BCUT2D eigenvalue weighted by Crippen LogP contribution is 2.19. The normalized spacial score (nSPS) is 17.0. The molecule has 1 atom stereocenters. The lowest BCUT2D eigenvalue weighted by molar-refractivity contribution is -0.158. The number of methoxy groups -OCH3 is 2. The molecule has 0 aromatic heterocycles. The molecule has 1 aliphatic rings. The number of likely N-dealkylation sites (N-methyl/N-ethyl adjacent to an activating group) is 1. The van der Waals surface area contributed by atoms with Crippen LogP contribution >= 0.6 is 0 Å². The van der Waals surface area contributed by atoms with Crippen molar-refractivity contribution >= 4 is 29.5 Å². The number of carbonyl (C=O) groups is 4. The molecule has 9 nitrogen and oxygen atoms in total. The number of hydrogen-bond donors (Lipinski definition) is 1. The number of amides is 1. The summed E-state index contributed by atoms with van der Waals surface area (Å²) in [5.41, 5.74) is 0.390. The number of anilines is 1. The molecular formula is C18H22N2O7. The Hall–Kier alpha value is -2.94. The molecular weight excluding hydrogens is 356 g/mol. The average Bonchev–Trinajstić information content (AvgIpc) is 2.67. The molecule has 1 amide bonds. The van der Waals surface area contributed by atoms with Gasteiger partial charge >= 0.3 is 17.9 Å². The third-order valence-electron chi connectivity index (χ3n) is 4.18. The maximum Gasteiger partial charge on any atom is 0.337 e. The maximum absolute atomic E-state index is 12.4. The minimum absolute atomic E-state index is 0.0861. The van der Waals surface area contributed by atoms with Crippen LogP contribution in [0.25, 0.3) is 0 Å². The molecule has 0 saturated carbocycles. The van der Waals surface area contributed by atoms with Crippen molar-refractivity contribution in [3.05, 3.63) is 29.3 Å². The van der Waals surface area contributed by atoms with Gasteiger partial charge in [0.1, 0.15) is 12.6 Å². The fourth-order valence-electron chi connectivity index (χ4n) is 2.81. The van der Waals surface area contributed by atoms with E-state index in [0.29, 0.717) is 19.7 Å². The minimum atomic E-state index is -0.674. The largest absolute Gasteiger partial charge is 0.465 e. The molecule has 0 aliphatic carbocycles. The van der Waals surface area contributed by atoms with Crippen molar-refractivity contribution in [2.24, 2.45) is 0 Å². The second kappa shape index (κ2) is 9.13. The van der Waals surface area contributed by atoms with Crippen LogP contribution in [-0.4, -0.2) is 68.7 Å². The van der Waals surface area contributed by atoms with Crippen LogP contribution in [0, 0.1) is 0 Å². The summed E-state index contributed by atoms with van der Waals surface area (Å²) in [6.07, 6.45) is -0.108. The van der Waals surface area contributed by atoms with Gasteiger partial charge < -0.3 is 19.5 Å².